The van der Waals surface area contributed by atoms with Crippen molar-refractivity contribution >= 4 is 5.97 Å². The van der Waals surface area contributed by atoms with Crippen molar-refractivity contribution < 1.29 is 14.3 Å². The number of halogens is 1. The summed E-state index contributed by atoms with van der Waals surface area (Å²) >= 11 is 0. The molecule has 0 atom stereocenters. The fraction of sp³-hybridized carbons (Fsp3) is 0.111. The van der Waals surface area contributed by atoms with E-state index in [2.05, 4.69) is 5.10 Å². The van der Waals surface area contributed by atoms with E-state index in [4.69, 9.17) is 0 Å². The molecule has 23 heavy (non-hydrogen) atoms. The average Bonchev–Trinajstić information content (AvgIpc) is 2.95. The zero-order valence-corrected chi connectivity index (χ0v) is 12.7. The predicted octanol–water partition coefficient (Wildman–Crippen LogP) is 3.99. The van der Waals surface area contributed by atoms with Crippen LogP contribution in [0.5, 0.6) is 0 Å². The molecule has 3 aromatic rings. The molecule has 2 aromatic carbocycles. The maximum absolute atomic E-state index is 14.0. The third-order valence-corrected chi connectivity index (χ3v) is 3.67. The van der Waals surface area contributed by atoms with E-state index in [0.717, 1.165) is 11.1 Å². The Morgan fingerprint density at radius 3 is 2.57 bits per heavy atom. The van der Waals surface area contributed by atoms with Gasteiger partial charge in [-0.3, -0.25) is 0 Å². The molecule has 0 aliphatic carbocycles. The van der Waals surface area contributed by atoms with Gasteiger partial charge in [-0.05, 0) is 49.2 Å². The number of hydrogen-bond acceptors (Lipinski definition) is 2. The van der Waals surface area contributed by atoms with Crippen LogP contribution in [-0.2, 0) is 0 Å². The van der Waals surface area contributed by atoms with Gasteiger partial charge in [0.25, 0.3) is 0 Å². The largest absolute Gasteiger partial charge is 0.477 e. The first-order valence-corrected chi connectivity index (χ1v) is 7.13. The van der Waals surface area contributed by atoms with E-state index in [9.17, 15) is 14.3 Å². The second-order valence-electron chi connectivity index (χ2n) is 5.40. The number of carbonyl (C=O) groups is 1. The summed E-state index contributed by atoms with van der Waals surface area (Å²) in [6, 6.07) is 13.3. The normalized spacial score (nSPS) is 10.7. The van der Waals surface area contributed by atoms with Crippen molar-refractivity contribution in [1.82, 2.24) is 9.78 Å². The van der Waals surface area contributed by atoms with Crippen molar-refractivity contribution in [3.8, 4) is 16.9 Å². The Hall–Kier alpha value is -2.95. The maximum atomic E-state index is 14.0. The number of nitrogens with zero attached hydrogens (tertiary/aromatic N) is 2. The van der Waals surface area contributed by atoms with Gasteiger partial charge in [-0.15, -0.1) is 0 Å². The quantitative estimate of drug-likeness (QED) is 0.795. The van der Waals surface area contributed by atoms with Crippen molar-refractivity contribution in [2.24, 2.45) is 0 Å². The Bertz CT molecular complexity index is 900. The third kappa shape index (κ3) is 2.73. The average molecular weight is 310 g/mol. The second kappa shape index (κ2) is 5.68. The number of aromatic carboxylic acids is 1. The Kier molecular flexibility index (Phi) is 3.70. The van der Waals surface area contributed by atoms with Crippen molar-refractivity contribution in [2.45, 2.75) is 13.8 Å². The molecule has 3 rings (SSSR count). The Morgan fingerprint density at radius 1 is 1.13 bits per heavy atom. The Labute approximate surface area is 132 Å². The van der Waals surface area contributed by atoms with E-state index >= 15 is 0 Å². The zero-order chi connectivity index (χ0) is 16.6. The minimum Gasteiger partial charge on any atom is -0.477 e. The molecular weight excluding hydrogens is 295 g/mol. The number of carboxylic acid groups (broad SMARTS) is 1. The molecule has 1 aromatic heterocycles. The van der Waals surface area contributed by atoms with Gasteiger partial charge in [0, 0.05) is 5.56 Å². The molecule has 0 fully saturated rings. The van der Waals surface area contributed by atoms with E-state index < -0.39 is 11.8 Å². The predicted molar refractivity (Wildman–Crippen MR) is 85.4 cm³/mol. The van der Waals surface area contributed by atoms with Crippen LogP contribution < -0.4 is 0 Å². The van der Waals surface area contributed by atoms with E-state index in [0.29, 0.717) is 11.4 Å². The summed E-state index contributed by atoms with van der Waals surface area (Å²) in [7, 11) is 0. The molecule has 116 valence electrons. The summed E-state index contributed by atoms with van der Waals surface area (Å²) in [6.07, 6.45) is 0. The topological polar surface area (TPSA) is 55.1 Å². The van der Waals surface area contributed by atoms with Gasteiger partial charge in [-0.1, -0.05) is 24.3 Å². The molecule has 0 saturated carbocycles. The van der Waals surface area contributed by atoms with E-state index in [1.165, 1.54) is 16.8 Å². The molecule has 1 heterocycles. The monoisotopic (exact) mass is 310 g/mol. The van der Waals surface area contributed by atoms with Gasteiger partial charge in [0.2, 0.25) is 0 Å². The fourth-order valence-corrected chi connectivity index (χ4v) is 2.47. The lowest BCUT2D eigenvalue weighted by atomic mass is 10.1. The van der Waals surface area contributed by atoms with Crippen molar-refractivity contribution in [3.63, 3.8) is 0 Å². The second-order valence-corrected chi connectivity index (χ2v) is 5.40. The molecule has 0 amide bonds. The number of carboxylic acids is 1. The van der Waals surface area contributed by atoms with Gasteiger partial charge in [-0.2, -0.15) is 5.10 Å². The van der Waals surface area contributed by atoms with Crippen molar-refractivity contribution in [3.05, 3.63) is 71.2 Å². The van der Waals surface area contributed by atoms with Gasteiger partial charge < -0.3 is 5.11 Å². The number of rotatable bonds is 3. The van der Waals surface area contributed by atoms with E-state index in [1.807, 2.05) is 32.0 Å². The molecule has 0 spiro atoms. The molecule has 0 unspecified atom stereocenters. The molecule has 5 heteroatoms. The summed E-state index contributed by atoms with van der Waals surface area (Å²) in [5.74, 6) is -1.55. The maximum Gasteiger partial charge on any atom is 0.354 e. The van der Waals surface area contributed by atoms with Crippen molar-refractivity contribution in [1.29, 1.82) is 0 Å². The lowest BCUT2D eigenvalue weighted by Crippen LogP contribution is -2.09. The molecule has 0 radical (unpaired) electrons. The lowest BCUT2D eigenvalue weighted by Gasteiger charge is -2.09. The highest BCUT2D eigenvalue weighted by Crippen LogP contribution is 2.25. The highest BCUT2D eigenvalue weighted by atomic mass is 19.1. The Balaban J connectivity index is 2.23. The number of aromatic nitrogens is 2. The van der Waals surface area contributed by atoms with Crippen LogP contribution >= 0.6 is 0 Å². The summed E-state index contributed by atoms with van der Waals surface area (Å²) in [4.78, 5) is 11.6. The number of benzene rings is 2. The first-order chi connectivity index (χ1) is 11.0. The van der Waals surface area contributed by atoms with Crippen LogP contribution in [0.25, 0.3) is 16.9 Å². The molecule has 1 N–H and O–H groups in total. The van der Waals surface area contributed by atoms with Crippen LogP contribution in [0.2, 0.25) is 0 Å². The molecule has 0 saturated heterocycles. The smallest absolute Gasteiger partial charge is 0.354 e. The molecule has 0 aliphatic heterocycles. The molecule has 0 bridgehead atoms. The highest BCUT2D eigenvalue weighted by molar-refractivity contribution is 5.88. The summed E-state index contributed by atoms with van der Waals surface area (Å²) in [5.41, 5.74) is 3.12. The van der Waals surface area contributed by atoms with Crippen LogP contribution in [0, 0.1) is 19.7 Å². The van der Waals surface area contributed by atoms with E-state index in [1.54, 1.807) is 18.2 Å². The number of aryl methyl sites for hydroxylation is 2. The summed E-state index contributed by atoms with van der Waals surface area (Å²) in [6.45, 7) is 3.80. The minimum absolute atomic E-state index is 0.00282. The van der Waals surface area contributed by atoms with Crippen LogP contribution in [0.1, 0.15) is 21.6 Å². The molecule has 0 aliphatic rings. The van der Waals surface area contributed by atoms with Gasteiger partial charge >= 0.3 is 5.97 Å². The number of hydrogen-bond donors (Lipinski definition) is 1. The van der Waals surface area contributed by atoms with Gasteiger partial charge in [-0.25, -0.2) is 13.9 Å². The zero-order valence-electron chi connectivity index (χ0n) is 12.7. The molecule has 4 nitrogen and oxygen atoms in total. The third-order valence-electron chi connectivity index (χ3n) is 3.67. The standard InChI is InChI=1S/C18H15FN2O2/c1-11-7-8-12(2)16(9-11)21-17(18(22)23)10-15(20-21)13-5-3-4-6-14(13)19/h3-10H,1-2H3,(H,22,23). The Morgan fingerprint density at radius 2 is 1.87 bits per heavy atom. The molecular formula is C18H15FN2O2. The van der Waals surface area contributed by atoms with Gasteiger partial charge in [0.1, 0.15) is 5.82 Å². The first kappa shape index (κ1) is 15.0. The van der Waals surface area contributed by atoms with Gasteiger partial charge in [0.05, 0.1) is 11.4 Å². The van der Waals surface area contributed by atoms with Crippen LogP contribution in [0.3, 0.4) is 0 Å². The lowest BCUT2D eigenvalue weighted by molar-refractivity contribution is 0.0687. The van der Waals surface area contributed by atoms with Crippen LogP contribution in [0.15, 0.2) is 48.5 Å². The SMILES string of the molecule is Cc1ccc(C)c(-n2nc(-c3ccccc3F)cc2C(=O)O)c1. The van der Waals surface area contributed by atoms with Crippen molar-refractivity contribution in [2.75, 3.05) is 0 Å². The summed E-state index contributed by atoms with van der Waals surface area (Å²) < 4.78 is 15.3. The van der Waals surface area contributed by atoms with Gasteiger partial charge in [0.15, 0.2) is 5.69 Å². The van der Waals surface area contributed by atoms with Crippen LogP contribution in [0.4, 0.5) is 4.39 Å². The fourth-order valence-electron chi connectivity index (χ4n) is 2.47. The highest BCUT2D eigenvalue weighted by Gasteiger charge is 2.19. The van der Waals surface area contributed by atoms with Crippen LogP contribution in [-0.4, -0.2) is 20.9 Å². The van der Waals surface area contributed by atoms with E-state index in [-0.39, 0.29) is 11.3 Å². The minimum atomic E-state index is -1.11. The first-order valence-electron chi connectivity index (χ1n) is 7.13. The summed E-state index contributed by atoms with van der Waals surface area (Å²) in [5, 5.41) is 13.8.